The van der Waals surface area contributed by atoms with E-state index < -0.39 is 0 Å². The van der Waals surface area contributed by atoms with E-state index >= 15 is 0 Å². The Morgan fingerprint density at radius 1 is 1.40 bits per heavy atom. The summed E-state index contributed by atoms with van der Waals surface area (Å²) in [6, 6.07) is 8.81. The molecular formula is C15H21ClN2OS. The van der Waals surface area contributed by atoms with Gasteiger partial charge in [-0.1, -0.05) is 24.3 Å². The number of thioether (sulfide) groups is 1. The molecule has 0 bridgehead atoms. The molecule has 1 N–H and O–H groups in total. The predicted molar refractivity (Wildman–Crippen MR) is 86.6 cm³/mol. The number of benzene rings is 1. The molecule has 0 aromatic heterocycles. The van der Waals surface area contributed by atoms with Gasteiger partial charge < -0.3 is 10.2 Å². The summed E-state index contributed by atoms with van der Waals surface area (Å²) in [6.45, 7) is 4.72. The number of hydrogen-bond donors (Lipinski definition) is 1. The highest BCUT2D eigenvalue weighted by molar-refractivity contribution is 8.00. The first-order valence-corrected chi connectivity index (χ1v) is 8.02. The fourth-order valence-electron chi connectivity index (χ4n) is 2.90. The molecule has 0 radical (unpaired) electrons. The van der Waals surface area contributed by atoms with Crippen molar-refractivity contribution in [3.63, 3.8) is 0 Å². The van der Waals surface area contributed by atoms with Crippen LogP contribution in [0.1, 0.15) is 23.3 Å². The number of aryl methyl sites for hydroxylation is 1. The Morgan fingerprint density at radius 3 is 3.00 bits per heavy atom. The summed E-state index contributed by atoms with van der Waals surface area (Å²) < 4.78 is 0. The third kappa shape index (κ3) is 3.13. The SMILES string of the molecule is CC1CN(C(=O)C2SCCc3ccccc32)CCN1.Cl. The first kappa shape index (κ1) is 15.7. The maximum absolute atomic E-state index is 12.7. The van der Waals surface area contributed by atoms with E-state index in [0.717, 1.165) is 31.8 Å². The Labute approximate surface area is 130 Å². The molecule has 2 aliphatic heterocycles. The van der Waals surface area contributed by atoms with E-state index in [1.165, 1.54) is 11.1 Å². The lowest BCUT2D eigenvalue weighted by Gasteiger charge is -2.35. The molecular weight excluding hydrogens is 292 g/mol. The van der Waals surface area contributed by atoms with Gasteiger partial charge in [0.25, 0.3) is 0 Å². The highest BCUT2D eigenvalue weighted by atomic mass is 35.5. The quantitative estimate of drug-likeness (QED) is 0.863. The summed E-state index contributed by atoms with van der Waals surface area (Å²) in [5, 5.41) is 3.40. The van der Waals surface area contributed by atoms with Crippen molar-refractivity contribution in [3.05, 3.63) is 35.4 Å². The molecule has 2 aliphatic rings. The van der Waals surface area contributed by atoms with Gasteiger partial charge in [-0.3, -0.25) is 4.79 Å². The van der Waals surface area contributed by atoms with Crippen LogP contribution < -0.4 is 5.32 Å². The molecule has 3 rings (SSSR count). The van der Waals surface area contributed by atoms with Crippen LogP contribution in [0.5, 0.6) is 0 Å². The van der Waals surface area contributed by atoms with E-state index in [-0.39, 0.29) is 17.7 Å². The molecule has 1 amide bonds. The second-order valence-corrected chi connectivity index (χ2v) is 6.55. The van der Waals surface area contributed by atoms with Crippen LogP contribution in [0.3, 0.4) is 0 Å². The lowest BCUT2D eigenvalue weighted by Crippen LogP contribution is -2.52. The number of piperazine rings is 1. The zero-order valence-electron chi connectivity index (χ0n) is 11.7. The van der Waals surface area contributed by atoms with Crippen LogP contribution in [0.25, 0.3) is 0 Å². The number of carbonyl (C=O) groups excluding carboxylic acids is 1. The average molecular weight is 313 g/mol. The summed E-state index contributed by atoms with van der Waals surface area (Å²) in [4.78, 5) is 14.8. The van der Waals surface area contributed by atoms with Crippen molar-refractivity contribution < 1.29 is 4.79 Å². The van der Waals surface area contributed by atoms with Gasteiger partial charge in [-0.25, -0.2) is 0 Å². The lowest BCUT2D eigenvalue weighted by atomic mass is 10.0. The molecule has 5 heteroatoms. The molecule has 0 saturated carbocycles. The van der Waals surface area contributed by atoms with Gasteiger partial charge in [0, 0.05) is 25.7 Å². The van der Waals surface area contributed by atoms with Crippen molar-refractivity contribution in [3.8, 4) is 0 Å². The van der Waals surface area contributed by atoms with Gasteiger partial charge in [0.1, 0.15) is 5.25 Å². The van der Waals surface area contributed by atoms with Crippen molar-refractivity contribution in [1.82, 2.24) is 10.2 Å². The minimum atomic E-state index is 0. The monoisotopic (exact) mass is 312 g/mol. The fourth-order valence-corrected chi connectivity index (χ4v) is 4.17. The predicted octanol–water partition coefficient (Wildman–Crippen LogP) is 2.26. The molecule has 3 nitrogen and oxygen atoms in total. The molecule has 20 heavy (non-hydrogen) atoms. The Bertz CT molecular complexity index is 483. The van der Waals surface area contributed by atoms with E-state index in [2.05, 4.69) is 30.4 Å². The van der Waals surface area contributed by atoms with Gasteiger partial charge >= 0.3 is 0 Å². The highest BCUT2D eigenvalue weighted by Gasteiger charge is 2.31. The van der Waals surface area contributed by atoms with Crippen molar-refractivity contribution in [1.29, 1.82) is 0 Å². The van der Waals surface area contributed by atoms with E-state index in [4.69, 9.17) is 0 Å². The van der Waals surface area contributed by atoms with Crippen molar-refractivity contribution >= 4 is 30.1 Å². The number of amides is 1. The van der Waals surface area contributed by atoms with E-state index in [0.29, 0.717) is 11.9 Å². The van der Waals surface area contributed by atoms with Crippen molar-refractivity contribution in [2.24, 2.45) is 0 Å². The largest absolute Gasteiger partial charge is 0.339 e. The Kier molecular flexibility index (Phi) is 5.35. The third-order valence-electron chi connectivity index (χ3n) is 3.90. The van der Waals surface area contributed by atoms with Gasteiger partial charge in [-0.05, 0) is 30.2 Å². The molecule has 0 spiro atoms. The number of nitrogens with zero attached hydrogens (tertiary/aromatic N) is 1. The first-order chi connectivity index (χ1) is 9.25. The van der Waals surface area contributed by atoms with E-state index in [1.807, 2.05) is 11.0 Å². The number of rotatable bonds is 1. The molecule has 110 valence electrons. The normalized spacial score (nSPS) is 25.6. The molecule has 1 fully saturated rings. The van der Waals surface area contributed by atoms with E-state index in [1.54, 1.807) is 11.8 Å². The summed E-state index contributed by atoms with van der Waals surface area (Å²) >= 11 is 1.80. The summed E-state index contributed by atoms with van der Waals surface area (Å²) in [6.07, 6.45) is 1.09. The molecule has 2 heterocycles. The maximum Gasteiger partial charge on any atom is 0.240 e. The van der Waals surface area contributed by atoms with Crippen molar-refractivity contribution in [2.45, 2.75) is 24.6 Å². The zero-order valence-corrected chi connectivity index (χ0v) is 13.3. The number of halogens is 1. The molecule has 1 aromatic rings. The lowest BCUT2D eigenvalue weighted by molar-refractivity contribution is -0.131. The van der Waals surface area contributed by atoms with Gasteiger partial charge in [0.2, 0.25) is 5.91 Å². The van der Waals surface area contributed by atoms with Gasteiger partial charge in [0.15, 0.2) is 0 Å². The van der Waals surface area contributed by atoms with Crippen LogP contribution in [-0.4, -0.2) is 42.2 Å². The molecule has 2 atom stereocenters. The molecule has 1 saturated heterocycles. The van der Waals surface area contributed by atoms with Crippen LogP contribution in [0.15, 0.2) is 24.3 Å². The van der Waals surface area contributed by atoms with Gasteiger partial charge in [-0.2, -0.15) is 0 Å². The Hall–Kier alpha value is -0.710. The van der Waals surface area contributed by atoms with Crippen LogP contribution in [-0.2, 0) is 11.2 Å². The standard InChI is InChI=1S/C15H20N2OS.ClH/c1-11-10-17(8-7-16-11)15(18)14-13-5-3-2-4-12(13)6-9-19-14;/h2-5,11,14,16H,6-10H2,1H3;1H. The van der Waals surface area contributed by atoms with Crippen molar-refractivity contribution in [2.75, 3.05) is 25.4 Å². The van der Waals surface area contributed by atoms with Crippen LogP contribution in [0, 0.1) is 0 Å². The van der Waals surface area contributed by atoms with Gasteiger partial charge in [0.05, 0.1) is 0 Å². The maximum atomic E-state index is 12.7. The van der Waals surface area contributed by atoms with E-state index in [9.17, 15) is 4.79 Å². The second kappa shape index (κ2) is 6.83. The Balaban J connectivity index is 0.00000147. The first-order valence-electron chi connectivity index (χ1n) is 6.97. The van der Waals surface area contributed by atoms with Gasteiger partial charge in [-0.15, -0.1) is 24.2 Å². The zero-order chi connectivity index (χ0) is 13.2. The topological polar surface area (TPSA) is 32.3 Å². The summed E-state index contributed by atoms with van der Waals surface area (Å²) in [5.74, 6) is 1.35. The van der Waals surface area contributed by atoms with Crippen LogP contribution in [0.2, 0.25) is 0 Å². The molecule has 2 unspecified atom stereocenters. The van der Waals surface area contributed by atoms with Crippen LogP contribution >= 0.6 is 24.2 Å². The minimum absolute atomic E-state index is 0. The molecule has 0 aliphatic carbocycles. The average Bonchev–Trinajstić information content (AvgIpc) is 2.46. The number of fused-ring (bicyclic) bond motifs is 1. The smallest absolute Gasteiger partial charge is 0.240 e. The fraction of sp³-hybridized carbons (Fsp3) is 0.533. The summed E-state index contributed by atoms with van der Waals surface area (Å²) in [7, 11) is 0. The van der Waals surface area contributed by atoms with Crippen LogP contribution in [0.4, 0.5) is 0 Å². The molecule has 1 aromatic carbocycles. The minimum Gasteiger partial charge on any atom is -0.339 e. The third-order valence-corrected chi connectivity index (χ3v) is 5.13. The Morgan fingerprint density at radius 2 is 2.20 bits per heavy atom. The highest BCUT2D eigenvalue weighted by Crippen LogP contribution is 2.38. The second-order valence-electron chi connectivity index (χ2n) is 5.34. The number of hydrogen-bond acceptors (Lipinski definition) is 3. The summed E-state index contributed by atoms with van der Waals surface area (Å²) in [5.41, 5.74) is 2.58. The number of carbonyl (C=O) groups is 1. The number of nitrogens with one attached hydrogen (secondary N) is 1.